The summed E-state index contributed by atoms with van der Waals surface area (Å²) in [5, 5.41) is 6.67. The largest absolute Gasteiger partial charge is 0.383 e. The molecule has 2 heterocycles. The van der Waals surface area contributed by atoms with Crippen molar-refractivity contribution in [2.75, 3.05) is 12.8 Å². The van der Waals surface area contributed by atoms with Gasteiger partial charge in [0.15, 0.2) is 11.5 Å². The lowest BCUT2D eigenvalue weighted by Gasteiger charge is -2.07. The van der Waals surface area contributed by atoms with E-state index in [4.69, 9.17) is 5.73 Å². The van der Waals surface area contributed by atoms with E-state index < -0.39 is 0 Å². The van der Waals surface area contributed by atoms with E-state index in [1.54, 1.807) is 19.3 Å². The van der Waals surface area contributed by atoms with E-state index in [1.807, 2.05) is 6.92 Å². The highest BCUT2D eigenvalue weighted by Gasteiger charge is 2.13. The van der Waals surface area contributed by atoms with Gasteiger partial charge >= 0.3 is 0 Å². The van der Waals surface area contributed by atoms with Gasteiger partial charge in [-0.05, 0) is 12.5 Å². The van der Waals surface area contributed by atoms with Crippen molar-refractivity contribution in [1.29, 1.82) is 0 Å². The molecule has 0 saturated carbocycles. The Hall–Kier alpha value is -2.44. The number of carbonyl (C=O) groups is 1. The van der Waals surface area contributed by atoms with Gasteiger partial charge in [-0.25, -0.2) is 14.6 Å². The summed E-state index contributed by atoms with van der Waals surface area (Å²) >= 11 is 0. The van der Waals surface area contributed by atoms with Gasteiger partial charge in [-0.15, -0.1) is 0 Å². The number of rotatable bonds is 3. The molecule has 0 fully saturated rings. The zero-order chi connectivity index (χ0) is 13.1. The molecule has 0 atom stereocenters. The Kier molecular flexibility index (Phi) is 3.22. The van der Waals surface area contributed by atoms with Crippen molar-refractivity contribution in [3.63, 3.8) is 0 Å². The topological polar surface area (TPSA) is 98.7 Å². The third-order valence-corrected chi connectivity index (χ3v) is 2.58. The quantitative estimate of drug-likeness (QED) is 0.804. The van der Waals surface area contributed by atoms with Gasteiger partial charge in [-0.3, -0.25) is 4.79 Å². The number of amides is 1. The normalized spacial score (nSPS) is 10.3. The third-order valence-electron chi connectivity index (χ3n) is 2.58. The van der Waals surface area contributed by atoms with Crippen LogP contribution < -0.4 is 11.1 Å². The van der Waals surface area contributed by atoms with Gasteiger partial charge in [0.25, 0.3) is 5.91 Å². The monoisotopic (exact) mass is 246 g/mol. The molecule has 0 spiro atoms. The number of aromatic nitrogens is 4. The minimum absolute atomic E-state index is 0.242. The Balaban J connectivity index is 2.46. The minimum atomic E-state index is -0.242. The van der Waals surface area contributed by atoms with Gasteiger partial charge in [-0.1, -0.05) is 6.92 Å². The first-order chi connectivity index (χ1) is 8.67. The molecule has 7 heteroatoms. The fourth-order valence-corrected chi connectivity index (χ4v) is 1.64. The summed E-state index contributed by atoms with van der Waals surface area (Å²) in [5.41, 5.74) is 6.93. The predicted octanol–water partition coefficient (Wildman–Crippen LogP) is 0.166. The Morgan fingerprint density at radius 3 is 2.94 bits per heavy atom. The van der Waals surface area contributed by atoms with Crippen LogP contribution in [0.5, 0.6) is 0 Å². The summed E-state index contributed by atoms with van der Waals surface area (Å²) in [6.07, 6.45) is 3.74. The number of nitrogens with one attached hydrogen (secondary N) is 1. The second kappa shape index (κ2) is 4.82. The van der Waals surface area contributed by atoms with Crippen LogP contribution in [0.15, 0.2) is 18.6 Å². The first-order valence-corrected chi connectivity index (χ1v) is 5.54. The van der Waals surface area contributed by atoms with E-state index in [0.717, 1.165) is 5.56 Å². The lowest BCUT2D eigenvalue weighted by atomic mass is 10.2. The first-order valence-electron chi connectivity index (χ1n) is 5.54. The van der Waals surface area contributed by atoms with Crippen molar-refractivity contribution >= 4 is 11.7 Å². The lowest BCUT2D eigenvalue weighted by Crippen LogP contribution is -2.18. The molecule has 0 bridgehead atoms. The van der Waals surface area contributed by atoms with E-state index in [2.05, 4.69) is 20.4 Å². The van der Waals surface area contributed by atoms with Crippen LogP contribution in [0.4, 0.5) is 5.82 Å². The second-order valence-corrected chi connectivity index (χ2v) is 3.64. The molecule has 94 valence electrons. The number of hydrogen-bond acceptors (Lipinski definition) is 5. The highest BCUT2D eigenvalue weighted by atomic mass is 16.1. The number of nitrogen functional groups attached to an aromatic ring is 1. The van der Waals surface area contributed by atoms with Gasteiger partial charge in [0.1, 0.15) is 12.1 Å². The molecule has 2 rings (SSSR count). The molecule has 2 aromatic rings. The van der Waals surface area contributed by atoms with E-state index in [-0.39, 0.29) is 5.91 Å². The van der Waals surface area contributed by atoms with Crippen molar-refractivity contribution < 1.29 is 4.79 Å². The van der Waals surface area contributed by atoms with Gasteiger partial charge in [0.05, 0.1) is 0 Å². The van der Waals surface area contributed by atoms with Crippen molar-refractivity contribution in [1.82, 2.24) is 25.1 Å². The molecule has 7 nitrogen and oxygen atoms in total. The Morgan fingerprint density at radius 2 is 2.28 bits per heavy atom. The average Bonchev–Trinajstić information content (AvgIpc) is 2.87. The molecule has 0 aliphatic heterocycles. The molecule has 0 aliphatic carbocycles. The van der Waals surface area contributed by atoms with Crippen LogP contribution in [-0.4, -0.2) is 32.7 Å². The van der Waals surface area contributed by atoms with Gasteiger partial charge in [0.2, 0.25) is 0 Å². The third kappa shape index (κ3) is 2.02. The molecule has 3 N–H and O–H groups in total. The van der Waals surface area contributed by atoms with Crippen LogP contribution in [0, 0.1) is 0 Å². The Labute approximate surface area is 104 Å². The van der Waals surface area contributed by atoms with Crippen LogP contribution in [-0.2, 0) is 6.42 Å². The second-order valence-electron chi connectivity index (χ2n) is 3.64. The Bertz CT molecular complexity index is 577. The first kappa shape index (κ1) is 12.0. The molecule has 2 aromatic heterocycles. The SMILES string of the molecule is CCc1c(N)ncnc1-n1ccc(C(=O)NC)n1. The summed E-state index contributed by atoms with van der Waals surface area (Å²) in [6.45, 7) is 1.96. The molecule has 0 unspecified atom stereocenters. The van der Waals surface area contributed by atoms with Crippen LogP contribution in [0.1, 0.15) is 23.0 Å². The summed E-state index contributed by atoms with van der Waals surface area (Å²) in [5.74, 6) is 0.786. The van der Waals surface area contributed by atoms with Crippen LogP contribution >= 0.6 is 0 Å². The highest BCUT2D eigenvalue weighted by molar-refractivity contribution is 5.91. The number of nitrogens with zero attached hydrogens (tertiary/aromatic N) is 4. The van der Waals surface area contributed by atoms with Crippen LogP contribution in [0.3, 0.4) is 0 Å². The molecule has 18 heavy (non-hydrogen) atoms. The van der Waals surface area contributed by atoms with Crippen molar-refractivity contribution in [2.24, 2.45) is 0 Å². The van der Waals surface area contributed by atoms with Gasteiger partial charge in [-0.2, -0.15) is 5.10 Å². The Morgan fingerprint density at radius 1 is 1.50 bits per heavy atom. The maximum absolute atomic E-state index is 11.4. The molecule has 0 radical (unpaired) electrons. The molecule has 0 aromatic carbocycles. The van der Waals surface area contributed by atoms with E-state index in [9.17, 15) is 4.79 Å². The number of nitrogens with two attached hydrogens (primary N) is 1. The fraction of sp³-hybridized carbons (Fsp3) is 0.273. The minimum Gasteiger partial charge on any atom is -0.383 e. The van der Waals surface area contributed by atoms with Crippen molar-refractivity contribution in [3.8, 4) is 5.82 Å². The zero-order valence-electron chi connectivity index (χ0n) is 10.2. The van der Waals surface area contributed by atoms with E-state index in [0.29, 0.717) is 23.8 Å². The fourth-order valence-electron chi connectivity index (χ4n) is 1.64. The van der Waals surface area contributed by atoms with E-state index >= 15 is 0 Å². The van der Waals surface area contributed by atoms with E-state index in [1.165, 1.54) is 11.0 Å². The number of anilines is 1. The molecular weight excluding hydrogens is 232 g/mol. The summed E-state index contributed by atoms with van der Waals surface area (Å²) in [7, 11) is 1.56. The zero-order valence-corrected chi connectivity index (χ0v) is 10.2. The summed E-state index contributed by atoms with van der Waals surface area (Å²) < 4.78 is 1.53. The number of carbonyl (C=O) groups excluding carboxylic acids is 1. The van der Waals surface area contributed by atoms with Crippen molar-refractivity contribution in [3.05, 3.63) is 29.8 Å². The van der Waals surface area contributed by atoms with Crippen LogP contribution in [0.2, 0.25) is 0 Å². The molecule has 0 saturated heterocycles. The average molecular weight is 246 g/mol. The standard InChI is InChI=1S/C11H14N6O/c1-3-7-9(12)14-6-15-10(7)17-5-4-8(16-17)11(18)13-2/h4-6H,3H2,1-2H3,(H,13,18)(H2,12,14,15). The predicted molar refractivity (Wildman–Crippen MR) is 66.3 cm³/mol. The molecule has 1 amide bonds. The van der Waals surface area contributed by atoms with Crippen molar-refractivity contribution in [2.45, 2.75) is 13.3 Å². The van der Waals surface area contributed by atoms with Gasteiger partial charge in [0, 0.05) is 18.8 Å². The smallest absolute Gasteiger partial charge is 0.271 e. The molecular formula is C11H14N6O. The van der Waals surface area contributed by atoms with Gasteiger partial charge < -0.3 is 11.1 Å². The summed E-state index contributed by atoms with van der Waals surface area (Å²) in [4.78, 5) is 19.5. The lowest BCUT2D eigenvalue weighted by molar-refractivity contribution is 0.0957. The number of hydrogen-bond donors (Lipinski definition) is 2. The molecule has 0 aliphatic rings. The maximum atomic E-state index is 11.4. The highest BCUT2D eigenvalue weighted by Crippen LogP contribution is 2.16. The maximum Gasteiger partial charge on any atom is 0.271 e. The summed E-state index contributed by atoms with van der Waals surface area (Å²) in [6, 6.07) is 1.62. The van der Waals surface area contributed by atoms with Crippen LogP contribution in [0.25, 0.3) is 5.82 Å².